The lowest BCUT2D eigenvalue weighted by atomic mass is 10.2. The largest absolute Gasteiger partial charge is 0.354 e. The van der Waals surface area contributed by atoms with E-state index in [9.17, 15) is 9.59 Å². The van der Waals surface area contributed by atoms with Gasteiger partial charge >= 0.3 is 0 Å². The Bertz CT molecular complexity index is 408. The zero-order valence-electron chi connectivity index (χ0n) is 9.31. The SMILES string of the molecule is O=C(C[C@H]1SCCNC1=O)Nc1ccccc1. The summed E-state index contributed by atoms with van der Waals surface area (Å²) in [6.07, 6.45) is 0.228. The Hall–Kier alpha value is -1.49. The van der Waals surface area contributed by atoms with Gasteiger partial charge in [-0.3, -0.25) is 9.59 Å². The average molecular weight is 250 g/mol. The Morgan fingerprint density at radius 2 is 2.18 bits per heavy atom. The molecule has 0 spiro atoms. The predicted molar refractivity (Wildman–Crippen MR) is 68.9 cm³/mol. The van der Waals surface area contributed by atoms with Gasteiger partial charge in [0.1, 0.15) is 0 Å². The number of benzene rings is 1. The minimum Gasteiger partial charge on any atom is -0.354 e. The summed E-state index contributed by atoms with van der Waals surface area (Å²) < 4.78 is 0. The summed E-state index contributed by atoms with van der Waals surface area (Å²) in [5.41, 5.74) is 0.763. The van der Waals surface area contributed by atoms with Crippen LogP contribution in [0, 0.1) is 0 Å². The highest BCUT2D eigenvalue weighted by atomic mass is 32.2. The van der Waals surface area contributed by atoms with E-state index in [2.05, 4.69) is 10.6 Å². The molecule has 2 amide bonds. The lowest BCUT2D eigenvalue weighted by Crippen LogP contribution is -2.40. The number of carbonyl (C=O) groups is 2. The zero-order valence-corrected chi connectivity index (χ0v) is 10.1. The van der Waals surface area contributed by atoms with E-state index in [-0.39, 0.29) is 23.5 Å². The summed E-state index contributed by atoms with van der Waals surface area (Å²) in [5, 5.41) is 5.28. The Morgan fingerprint density at radius 1 is 1.41 bits per heavy atom. The van der Waals surface area contributed by atoms with Crippen LogP contribution in [-0.4, -0.2) is 29.4 Å². The second-order valence-corrected chi connectivity index (χ2v) is 5.08. The third-order valence-corrected chi connectivity index (χ3v) is 3.66. The summed E-state index contributed by atoms with van der Waals surface area (Å²) >= 11 is 1.54. The van der Waals surface area contributed by atoms with Gasteiger partial charge < -0.3 is 10.6 Å². The number of nitrogens with one attached hydrogen (secondary N) is 2. The smallest absolute Gasteiger partial charge is 0.233 e. The average Bonchev–Trinajstić information content (AvgIpc) is 2.33. The molecule has 90 valence electrons. The molecule has 2 rings (SSSR count). The van der Waals surface area contributed by atoms with Crippen molar-refractivity contribution in [2.45, 2.75) is 11.7 Å². The van der Waals surface area contributed by atoms with E-state index in [0.717, 1.165) is 11.4 Å². The summed E-state index contributed by atoms with van der Waals surface area (Å²) in [6, 6.07) is 9.26. The molecule has 17 heavy (non-hydrogen) atoms. The predicted octanol–water partition coefficient (Wildman–Crippen LogP) is 1.25. The Morgan fingerprint density at radius 3 is 2.88 bits per heavy atom. The maximum Gasteiger partial charge on any atom is 0.233 e. The first-order valence-corrected chi connectivity index (χ1v) is 6.55. The fourth-order valence-corrected chi connectivity index (χ4v) is 2.63. The molecule has 0 unspecified atom stereocenters. The van der Waals surface area contributed by atoms with Gasteiger partial charge in [-0.05, 0) is 12.1 Å². The van der Waals surface area contributed by atoms with Gasteiger partial charge in [-0.25, -0.2) is 0 Å². The second kappa shape index (κ2) is 5.72. The number of amides is 2. The molecule has 1 fully saturated rings. The number of carbonyl (C=O) groups excluding carboxylic acids is 2. The van der Waals surface area contributed by atoms with Crippen molar-refractivity contribution in [3.05, 3.63) is 30.3 Å². The standard InChI is InChI=1S/C12H14N2O2S/c15-11(14-9-4-2-1-3-5-9)8-10-12(16)13-6-7-17-10/h1-5,10H,6-8H2,(H,13,16)(H,14,15)/t10-/m1/s1. The lowest BCUT2D eigenvalue weighted by Gasteiger charge is -2.20. The first-order chi connectivity index (χ1) is 8.25. The molecule has 1 heterocycles. The van der Waals surface area contributed by atoms with Crippen molar-refractivity contribution < 1.29 is 9.59 Å². The quantitative estimate of drug-likeness (QED) is 0.848. The van der Waals surface area contributed by atoms with Crippen LogP contribution >= 0.6 is 11.8 Å². The number of thioether (sulfide) groups is 1. The fraction of sp³-hybridized carbons (Fsp3) is 0.333. The number of para-hydroxylation sites is 1. The molecule has 0 radical (unpaired) electrons. The van der Waals surface area contributed by atoms with Crippen molar-refractivity contribution in [3.63, 3.8) is 0 Å². The number of hydrogen-bond donors (Lipinski definition) is 2. The van der Waals surface area contributed by atoms with Crippen molar-refractivity contribution in [2.24, 2.45) is 0 Å². The van der Waals surface area contributed by atoms with Gasteiger partial charge in [-0.2, -0.15) is 0 Å². The van der Waals surface area contributed by atoms with E-state index in [1.807, 2.05) is 30.3 Å². The molecule has 1 aliphatic heterocycles. The fourth-order valence-electron chi connectivity index (χ4n) is 1.62. The van der Waals surface area contributed by atoms with Crippen molar-refractivity contribution in [2.75, 3.05) is 17.6 Å². The molecule has 0 saturated carbocycles. The lowest BCUT2D eigenvalue weighted by molar-refractivity contribution is -0.123. The number of anilines is 1. The molecule has 0 aliphatic carbocycles. The molecular weight excluding hydrogens is 236 g/mol. The molecule has 1 saturated heterocycles. The molecular formula is C12H14N2O2S. The second-order valence-electron chi connectivity index (χ2n) is 3.77. The Balaban J connectivity index is 1.87. The highest BCUT2D eigenvalue weighted by molar-refractivity contribution is 8.00. The highest BCUT2D eigenvalue weighted by Gasteiger charge is 2.25. The third kappa shape index (κ3) is 3.49. The number of rotatable bonds is 3. The zero-order chi connectivity index (χ0) is 12.1. The summed E-state index contributed by atoms with van der Waals surface area (Å²) in [4.78, 5) is 23.2. The summed E-state index contributed by atoms with van der Waals surface area (Å²) in [5.74, 6) is 0.713. The summed E-state index contributed by atoms with van der Waals surface area (Å²) in [6.45, 7) is 0.695. The first kappa shape index (κ1) is 12.0. The van der Waals surface area contributed by atoms with Crippen LogP contribution in [0.4, 0.5) is 5.69 Å². The molecule has 5 heteroatoms. The van der Waals surface area contributed by atoms with Gasteiger partial charge in [-0.15, -0.1) is 11.8 Å². The van der Waals surface area contributed by atoms with Crippen LogP contribution in [0.15, 0.2) is 30.3 Å². The Kier molecular flexibility index (Phi) is 4.03. The molecule has 1 aliphatic rings. The molecule has 1 aromatic rings. The van der Waals surface area contributed by atoms with E-state index >= 15 is 0 Å². The molecule has 4 nitrogen and oxygen atoms in total. The summed E-state index contributed by atoms with van der Waals surface area (Å²) in [7, 11) is 0. The van der Waals surface area contributed by atoms with Gasteiger partial charge in [0.15, 0.2) is 0 Å². The van der Waals surface area contributed by atoms with Gasteiger partial charge in [0.2, 0.25) is 11.8 Å². The minimum absolute atomic E-state index is 0.0375. The normalized spacial score (nSPS) is 19.5. The first-order valence-electron chi connectivity index (χ1n) is 5.50. The van der Waals surface area contributed by atoms with Crippen LogP contribution in [0.3, 0.4) is 0 Å². The van der Waals surface area contributed by atoms with E-state index in [1.165, 1.54) is 11.8 Å². The van der Waals surface area contributed by atoms with Gasteiger partial charge in [0.05, 0.1) is 5.25 Å². The molecule has 1 atom stereocenters. The van der Waals surface area contributed by atoms with Crippen molar-refractivity contribution in [3.8, 4) is 0 Å². The van der Waals surface area contributed by atoms with E-state index in [0.29, 0.717) is 6.54 Å². The molecule has 0 aromatic heterocycles. The maximum atomic E-state index is 11.7. The Labute approximate surface area is 104 Å². The van der Waals surface area contributed by atoms with E-state index in [1.54, 1.807) is 0 Å². The monoisotopic (exact) mass is 250 g/mol. The van der Waals surface area contributed by atoms with Crippen LogP contribution in [0.1, 0.15) is 6.42 Å². The van der Waals surface area contributed by atoms with Crippen LogP contribution in [0.2, 0.25) is 0 Å². The van der Waals surface area contributed by atoms with Gasteiger partial charge in [0, 0.05) is 24.4 Å². The maximum absolute atomic E-state index is 11.7. The van der Waals surface area contributed by atoms with Crippen LogP contribution < -0.4 is 10.6 Å². The molecule has 0 bridgehead atoms. The highest BCUT2D eigenvalue weighted by Crippen LogP contribution is 2.18. The van der Waals surface area contributed by atoms with Crippen LogP contribution in [0.25, 0.3) is 0 Å². The van der Waals surface area contributed by atoms with Crippen molar-refractivity contribution in [1.82, 2.24) is 5.32 Å². The topological polar surface area (TPSA) is 58.2 Å². The third-order valence-electron chi connectivity index (χ3n) is 2.44. The van der Waals surface area contributed by atoms with E-state index in [4.69, 9.17) is 0 Å². The van der Waals surface area contributed by atoms with Crippen molar-refractivity contribution >= 4 is 29.3 Å². The minimum atomic E-state index is -0.257. The van der Waals surface area contributed by atoms with Crippen molar-refractivity contribution in [1.29, 1.82) is 0 Å². The van der Waals surface area contributed by atoms with Crippen LogP contribution in [0.5, 0.6) is 0 Å². The van der Waals surface area contributed by atoms with Gasteiger partial charge in [0.25, 0.3) is 0 Å². The molecule has 1 aromatic carbocycles. The number of hydrogen-bond acceptors (Lipinski definition) is 3. The van der Waals surface area contributed by atoms with Gasteiger partial charge in [-0.1, -0.05) is 18.2 Å². The van der Waals surface area contributed by atoms with Crippen LogP contribution in [-0.2, 0) is 9.59 Å². The van der Waals surface area contributed by atoms with E-state index < -0.39 is 0 Å². The molecule has 2 N–H and O–H groups in total.